The topological polar surface area (TPSA) is 45.7 Å². The van der Waals surface area contributed by atoms with Crippen LogP contribution in [0.5, 0.6) is 0 Å². The third-order valence-corrected chi connectivity index (χ3v) is 18.9. The van der Waals surface area contributed by atoms with Gasteiger partial charge in [-0.2, -0.15) is 9.83 Å². The molecule has 5 heteroatoms. The Morgan fingerprint density at radius 3 is 1.96 bits per heavy atom. The van der Waals surface area contributed by atoms with E-state index in [2.05, 4.69) is 153 Å². The van der Waals surface area contributed by atoms with Gasteiger partial charge in [0.2, 0.25) is 0 Å². The Hall–Kier alpha value is -4.14. The summed E-state index contributed by atoms with van der Waals surface area (Å²) in [4.78, 5) is 0. The summed E-state index contributed by atoms with van der Waals surface area (Å²) in [5.74, 6) is 1.71. The van der Waals surface area contributed by atoms with Crippen LogP contribution < -0.4 is 9.75 Å². The zero-order valence-corrected chi connectivity index (χ0v) is 32.3. The molecule has 0 spiro atoms. The number of benzene rings is 4. The van der Waals surface area contributed by atoms with Gasteiger partial charge in [0.05, 0.1) is 26.8 Å². The summed E-state index contributed by atoms with van der Waals surface area (Å²) in [5, 5.41) is 13.6. The van der Waals surface area contributed by atoms with Crippen molar-refractivity contribution in [2.75, 3.05) is 0 Å². The van der Waals surface area contributed by atoms with Crippen molar-refractivity contribution in [3.63, 3.8) is 0 Å². The van der Waals surface area contributed by atoms with E-state index in [9.17, 15) is 5.26 Å². The number of fused-ring (bicyclic) bond motifs is 4. The first-order chi connectivity index (χ1) is 22.4. The molecule has 0 atom stereocenters. The van der Waals surface area contributed by atoms with Gasteiger partial charge >= 0.3 is 0 Å². The maximum absolute atomic E-state index is 9.63. The van der Waals surface area contributed by atoms with Gasteiger partial charge in [0.25, 0.3) is 5.82 Å². The van der Waals surface area contributed by atoms with Crippen LogP contribution in [-0.2, 0) is 7.05 Å². The van der Waals surface area contributed by atoms with Crippen molar-refractivity contribution in [2.45, 2.75) is 105 Å². The second kappa shape index (κ2) is 11.5. The summed E-state index contributed by atoms with van der Waals surface area (Å²) >= 11 is 0. The van der Waals surface area contributed by atoms with E-state index in [0.29, 0.717) is 17.4 Å². The van der Waals surface area contributed by atoms with Gasteiger partial charge in [-0.3, -0.25) is 0 Å². The molecule has 0 radical (unpaired) electrons. The van der Waals surface area contributed by atoms with E-state index in [0.717, 1.165) is 38.9 Å². The molecule has 0 aliphatic carbocycles. The average molecular weight is 655 g/mol. The predicted octanol–water partition coefficient (Wildman–Crippen LogP) is 11.3. The van der Waals surface area contributed by atoms with E-state index in [-0.39, 0.29) is 10.1 Å². The zero-order valence-electron chi connectivity index (χ0n) is 31.3. The molecule has 0 N–H and O–H groups in total. The Kier molecular flexibility index (Phi) is 8.07. The van der Waals surface area contributed by atoms with Gasteiger partial charge in [-0.25, -0.2) is 4.57 Å². The minimum Gasteiger partial charge on any atom is -0.455 e. The Labute approximate surface area is 288 Å². The molecule has 2 aromatic heterocycles. The van der Waals surface area contributed by atoms with Crippen molar-refractivity contribution in [3.05, 3.63) is 89.0 Å². The quantitative estimate of drug-likeness (QED) is 0.137. The number of imidazole rings is 1. The number of rotatable bonds is 5. The second-order valence-electron chi connectivity index (χ2n) is 16.7. The van der Waals surface area contributed by atoms with Gasteiger partial charge in [-0.15, -0.1) is 0 Å². The number of aryl methyl sites for hydroxylation is 2. The smallest absolute Gasteiger partial charge is 0.299 e. The van der Waals surface area contributed by atoms with Crippen LogP contribution in [0, 0.1) is 18.3 Å². The predicted molar refractivity (Wildman–Crippen MR) is 205 cm³/mol. The lowest BCUT2D eigenvalue weighted by Gasteiger charge is -2.50. The SMILES string of the molecule is Cc1ccc2c(oc3cc(C#N)ccc32)c1-c1n(-c2c(C(C)C)cc([Si](C)(C(C)(C)C)C(C)(C)C)cc2C(C)C)c2ccccc2[n+]1C. The lowest BCUT2D eigenvalue weighted by Crippen LogP contribution is -2.59. The average Bonchev–Trinajstić information content (AvgIpc) is 3.52. The zero-order chi connectivity index (χ0) is 35.1. The molecule has 48 heavy (non-hydrogen) atoms. The minimum absolute atomic E-state index is 0.173. The molecular formula is C43H52N3OSi+. The highest BCUT2D eigenvalue weighted by molar-refractivity contribution is 6.95. The number of hydrogen-bond acceptors (Lipinski definition) is 2. The van der Waals surface area contributed by atoms with Crippen molar-refractivity contribution >= 4 is 46.2 Å². The Morgan fingerprint density at radius 1 is 0.812 bits per heavy atom. The standard InChI is InChI=1S/C43H52N3OSi/c1-26(2)33-23-30(48(13,42(6,7)8)43(9,10)11)24-34(27(3)4)39(33)46-36-17-15-14-16-35(36)45(12)41(46)38-28(5)18-20-32-31-21-19-29(25-44)22-37(31)47-40(32)38/h14-24,26-27H,1-13H3/q+1. The Bertz CT molecular complexity index is 2220. The molecule has 0 saturated carbocycles. The summed E-state index contributed by atoms with van der Waals surface area (Å²) in [6.45, 7) is 28.9. The van der Waals surface area contributed by atoms with Crippen molar-refractivity contribution in [1.82, 2.24) is 4.57 Å². The highest BCUT2D eigenvalue weighted by Gasteiger charge is 2.51. The molecule has 6 aromatic rings. The van der Waals surface area contributed by atoms with Crippen LogP contribution in [0.1, 0.15) is 103 Å². The Balaban J connectivity index is 1.80. The lowest BCUT2D eigenvalue weighted by atomic mass is 9.92. The van der Waals surface area contributed by atoms with E-state index < -0.39 is 8.07 Å². The molecule has 4 nitrogen and oxygen atoms in total. The molecule has 0 saturated heterocycles. The number of nitriles is 1. The Morgan fingerprint density at radius 2 is 1.40 bits per heavy atom. The van der Waals surface area contributed by atoms with E-state index in [4.69, 9.17) is 4.42 Å². The molecule has 6 rings (SSSR count). The maximum atomic E-state index is 9.63. The van der Waals surface area contributed by atoms with Gasteiger partial charge < -0.3 is 4.42 Å². The van der Waals surface area contributed by atoms with Crippen molar-refractivity contribution < 1.29 is 8.98 Å². The van der Waals surface area contributed by atoms with Crippen LogP contribution >= 0.6 is 0 Å². The van der Waals surface area contributed by atoms with Crippen LogP contribution in [0.3, 0.4) is 0 Å². The highest BCUT2D eigenvalue weighted by atomic mass is 28.3. The number of furan rings is 1. The minimum atomic E-state index is -2.06. The van der Waals surface area contributed by atoms with Crippen LogP contribution in [0.25, 0.3) is 50.0 Å². The van der Waals surface area contributed by atoms with Crippen molar-refractivity contribution in [3.8, 4) is 23.1 Å². The van der Waals surface area contributed by atoms with Crippen molar-refractivity contribution in [2.24, 2.45) is 7.05 Å². The summed E-state index contributed by atoms with van der Waals surface area (Å²) < 4.78 is 11.6. The number of nitrogens with zero attached hydrogens (tertiary/aromatic N) is 3. The van der Waals surface area contributed by atoms with Crippen LogP contribution in [0.15, 0.2) is 71.1 Å². The normalized spacial score (nSPS) is 13.0. The first-order valence-electron chi connectivity index (χ1n) is 17.5. The molecular weight excluding hydrogens is 603 g/mol. The molecule has 0 fully saturated rings. The first kappa shape index (κ1) is 33.7. The molecule has 0 amide bonds. The number of hydrogen-bond donors (Lipinski definition) is 0. The van der Waals surface area contributed by atoms with Crippen molar-refractivity contribution in [1.29, 1.82) is 5.26 Å². The lowest BCUT2D eigenvalue weighted by molar-refractivity contribution is -0.633. The van der Waals surface area contributed by atoms with E-state index in [1.54, 1.807) is 5.19 Å². The van der Waals surface area contributed by atoms with Crippen LogP contribution in [0.2, 0.25) is 16.6 Å². The monoisotopic (exact) mass is 654 g/mol. The van der Waals surface area contributed by atoms with Gasteiger partial charge in [-0.05, 0) is 64.7 Å². The molecule has 0 unspecified atom stereocenters. The van der Waals surface area contributed by atoms with E-state index in [1.807, 2.05) is 18.2 Å². The van der Waals surface area contributed by atoms with Gasteiger partial charge in [-0.1, -0.05) is 117 Å². The first-order valence-corrected chi connectivity index (χ1v) is 20.0. The molecule has 0 aliphatic heterocycles. The largest absolute Gasteiger partial charge is 0.455 e. The fourth-order valence-electron chi connectivity index (χ4n) is 8.21. The molecule has 2 heterocycles. The fourth-order valence-corrected chi connectivity index (χ4v) is 13.1. The number of aromatic nitrogens is 2. The maximum Gasteiger partial charge on any atom is 0.299 e. The third kappa shape index (κ3) is 4.95. The molecule has 248 valence electrons. The fraction of sp³-hybridized carbons (Fsp3) is 0.395. The molecule has 4 aromatic carbocycles. The summed E-state index contributed by atoms with van der Waals surface area (Å²) in [6, 6.07) is 26.4. The molecule has 0 aliphatic rings. The third-order valence-electron chi connectivity index (χ3n) is 11.4. The molecule has 0 bridgehead atoms. The van der Waals surface area contributed by atoms with Crippen LogP contribution in [-0.4, -0.2) is 12.6 Å². The highest BCUT2D eigenvalue weighted by Crippen LogP contribution is 2.51. The van der Waals surface area contributed by atoms with Gasteiger partial charge in [0.1, 0.15) is 16.8 Å². The summed E-state index contributed by atoms with van der Waals surface area (Å²) in [6.07, 6.45) is 0. The van der Waals surface area contributed by atoms with Gasteiger partial charge in [0.15, 0.2) is 16.6 Å². The number of para-hydroxylation sites is 2. The van der Waals surface area contributed by atoms with E-state index in [1.165, 1.54) is 27.8 Å². The van der Waals surface area contributed by atoms with Crippen LogP contribution in [0.4, 0.5) is 0 Å². The second-order valence-corrected chi connectivity index (χ2v) is 22.5. The summed E-state index contributed by atoms with van der Waals surface area (Å²) in [7, 11) is 0.127. The van der Waals surface area contributed by atoms with Gasteiger partial charge in [0, 0.05) is 21.9 Å². The van der Waals surface area contributed by atoms with E-state index >= 15 is 0 Å². The summed E-state index contributed by atoms with van der Waals surface area (Å²) in [5.41, 5.74) is 10.8.